The van der Waals surface area contributed by atoms with Crippen LogP contribution in [-0.4, -0.2) is 9.52 Å². The zero-order valence-electron chi connectivity index (χ0n) is 4.07. The van der Waals surface area contributed by atoms with E-state index in [2.05, 4.69) is 12.2 Å². The van der Waals surface area contributed by atoms with Gasteiger partial charge < -0.3 is 0 Å². The third-order valence-electron chi connectivity index (χ3n) is 1.47. The molecule has 0 aromatic rings. The fourth-order valence-electron chi connectivity index (χ4n) is 1.05. The largest absolute Gasteiger partial charge is 0.110 e. The van der Waals surface area contributed by atoms with E-state index in [1.807, 2.05) is 0 Å². The Balaban J connectivity index is 2.45. The van der Waals surface area contributed by atoms with Crippen LogP contribution in [0.1, 0.15) is 12.8 Å². The van der Waals surface area contributed by atoms with Gasteiger partial charge in [-0.15, -0.1) is 0 Å². The molecule has 2 radical (unpaired) electrons. The lowest BCUT2D eigenvalue weighted by Crippen LogP contribution is -1.78. The Kier molecular flexibility index (Phi) is 0.576. The van der Waals surface area contributed by atoms with Crippen LogP contribution in [0.3, 0.4) is 0 Å². The second kappa shape index (κ2) is 1.10. The van der Waals surface area contributed by atoms with Gasteiger partial charge in [0.1, 0.15) is 9.52 Å². The van der Waals surface area contributed by atoms with Crippen molar-refractivity contribution in [3.05, 3.63) is 22.5 Å². The lowest BCUT2D eigenvalue weighted by Gasteiger charge is -1.88. The van der Waals surface area contributed by atoms with Gasteiger partial charge in [0, 0.05) is 0 Å². The van der Waals surface area contributed by atoms with Crippen LogP contribution in [0.25, 0.3) is 0 Å². The minimum absolute atomic E-state index is 1.09. The van der Waals surface area contributed by atoms with Crippen LogP contribution in [0.15, 0.2) is 22.5 Å². The van der Waals surface area contributed by atoms with Crippen LogP contribution in [0.4, 0.5) is 0 Å². The first kappa shape index (κ1) is 3.67. The molecule has 0 atom stereocenters. The Hall–Kier alpha value is -0.303. The summed E-state index contributed by atoms with van der Waals surface area (Å²) in [4.78, 5) is 0. The number of rotatable bonds is 0. The molecule has 1 fully saturated rings. The Bertz CT molecular complexity index is 136. The molecule has 2 aliphatic rings. The molecule has 7 heavy (non-hydrogen) atoms. The van der Waals surface area contributed by atoms with Gasteiger partial charge in [-0.3, -0.25) is 0 Å². The van der Waals surface area contributed by atoms with E-state index in [0.717, 1.165) is 9.52 Å². The van der Waals surface area contributed by atoms with Gasteiger partial charge >= 0.3 is 0 Å². The van der Waals surface area contributed by atoms with Crippen LogP contribution in [0, 0.1) is 0 Å². The highest BCUT2D eigenvalue weighted by Crippen LogP contribution is 2.26. The molecular weight excluding hydrogens is 100 g/mol. The van der Waals surface area contributed by atoms with Crippen molar-refractivity contribution in [2.45, 2.75) is 12.8 Å². The maximum atomic E-state index is 2.28. The third kappa shape index (κ3) is 0.415. The van der Waals surface area contributed by atoms with E-state index in [4.69, 9.17) is 0 Å². The van der Waals surface area contributed by atoms with E-state index < -0.39 is 0 Å². The second-order valence-electron chi connectivity index (χ2n) is 2.01. The zero-order chi connectivity index (χ0) is 4.69. The van der Waals surface area contributed by atoms with Crippen molar-refractivity contribution in [3.8, 4) is 0 Å². The van der Waals surface area contributed by atoms with Crippen molar-refractivity contribution < 1.29 is 0 Å². The van der Waals surface area contributed by atoms with E-state index >= 15 is 0 Å². The van der Waals surface area contributed by atoms with Crippen molar-refractivity contribution in [3.63, 3.8) is 0 Å². The summed E-state index contributed by atoms with van der Waals surface area (Å²) >= 11 is 0. The molecule has 0 aromatic heterocycles. The van der Waals surface area contributed by atoms with Crippen LogP contribution in [0.5, 0.6) is 0 Å². The lowest BCUT2D eigenvalue weighted by molar-refractivity contribution is 1.04. The van der Waals surface area contributed by atoms with E-state index in [0.29, 0.717) is 0 Å². The predicted octanol–water partition coefficient (Wildman–Crippen LogP) is 1.27. The summed E-state index contributed by atoms with van der Waals surface area (Å²) in [6.07, 6.45) is 7.28. The zero-order valence-corrected chi connectivity index (χ0v) is 5.07. The summed E-state index contributed by atoms with van der Waals surface area (Å²) in [6.45, 7) is 0. The minimum atomic E-state index is 1.09. The Labute approximate surface area is 45.7 Å². The minimum Gasteiger partial charge on any atom is -0.0795 e. The Morgan fingerprint density at radius 1 is 1.14 bits per heavy atom. The number of fused-ring (bicyclic) bond motifs is 2. The molecule has 2 rings (SSSR count). The van der Waals surface area contributed by atoms with Gasteiger partial charge in [-0.25, -0.2) is 0 Å². The standard InChI is InChI=1S/C6H6Si/c1-2-6-4-3-5(1)7-6/h1-2H,3-4H2. The van der Waals surface area contributed by atoms with Gasteiger partial charge in [-0.2, -0.15) is 0 Å². The van der Waals surface area contributed by atoms with Gasteiger partial charge in [0.25, 0.3) is 0 Å². The maximum Gasteiger partial charge on any atom is 0.110 e. The molecule has 2 aliphatic heterocycles. The van der Waals surface area contributed by atoms with Gasteiger partial charge in [0.15, 0.2) is 0 Å². The van der Waals surface area contributed by atoms with Crippen LogP contribution >= 0.6 is 0 Å². The van der Waals surface area contributed by atoms with Crippen LogP contribution in [-0.2, 0) is 0 Å². The van der Waals surface area contributed by atoms with E-state index in [9.17, 15) is 0 Å². The molecule has 0 amide bonds. The van der Waals surface area contributed by atoms with Gasteiger partial charge in [-0.05, 0) is 12.8 Å². The van der Waals surface area contributed by atoms with Crippen LogP contribution < -0.4 is 0 Å². The first-order chi connectivity index (χ1) is 3.45. The van der Waals surface area contributed by atoms with Crippen molar-refractivity contribution in [2.75, 3.05) is 0 Å². The summed E-state index contributed by atoms with van der Waals surface area (Å²) in [5, 5.41) is 3.35. The van der Waals surface area contributed by atoms with E-state index in [1.54, 1.807) is 10.4 Å². The fourth-order valence-corrected chi connectivity index (χ4v) is 2.30. The molecular formula is C6H6Si. The summed E-state index contributed by atoms with van der Waals surface area (Å²) in [5.41, 5.74) is 0. The summed E-state index contributed by atoms with van der Waals surface area (Å²) in [6, 6.07) is 0. The smallest absolute Gasteiger partial charge is 0.0795 e. The highest BCUT2D eigenvalue weighted by atomic mass is 28.2. The highest BCUT2D eigenvalue weighted by molar-refractivity contribution is 6.56. The summed E-state index contributed by atoms with van der Waals surface area (Å²) in [7, 11) is 1.09. The molecule has 0 nitrogen and oxygen atoms in total. The van der Waals surface area contributed by atoms with Crippen molar-refractivity contribution in [2.24, 2.45) is 0 Å². The molecule has 2 bridgehead atoms. The van der Waals surface area contributed by atoms with E-state index in [-0.39, 0.29) is 0 Å². The maximum absolute atomic E-state index is 2.28. The molecule has 0 aliphatic carbocycles. The second-order valence-corrected chi connectivity index (χ2v) is 3.54. The molecule has 0 N–H and O–H groups in total. The molecule has 0 aromatic carbocycles. The average molecular weight is 106 g/mol. The third-order valence-corrected chi connectivity index (χ3v) is 2.95. The van der Waals surface area contributed by atoms with Crippen molar-refractivity contribution >= 4 is 9.52 Å². The lowest BCUT2D eigenvalue weighted by atomic mass is 10.2. The normalized spacial score (nSPS) is 25.1. The summed E-state index contributed by atoms with van der Waals surface area (Å²) < 4.78 is 0. The number of hydrogen-bond donors (Lipinski definition) is 0. The molecule has 0 unspecified atom stereocenters. The van der Waals surface area contributed by atoms with E-state index in [1.165, 1.54) is 12.8 Å². The first-order valence-corrected chi connectivity index (χ1v) is 3.62. The topological polar surface area (TPSA) is 0 Å². The molecule has 34 valence electrons. The van der Waals surface area contributed by atoms with Gasteiger partial charge in [-0.1, -0.05) is 22.5 Å². The predicted molar refractivity (Wildman–Crippen MR) is 31.2 cm³/mol. The number of allylic oxidation sites excluding steroid dienone is 4. The first-order valence-electron chi connectivity index (χ1n) is 2.62. The fraction of sp³-hybridized carbons (Fsp3) is 0.333. The van der Waals surface area contributed by atoms with Gasteiger partial charge in [0.2, 0.25) is 0 Å². The number of hydrogen-bond acceptors (Lipinski definition) is 0. The molecule has 0 spiro atoms. The molecule has 1 heteroatoms. The Morgan fingerprint density at radius 2 is 1.71 bits per heavy atom. The quantitative estimate of drug-likeness (QED) is 0.408. The Morgan fingerprint density at radius 3 is 1.86 bits per heavy atom. The van der Waals surface area contributed by atoms with Crippen molar-refractivity contribution in [1.82, 2.24) is 0 Å². The SMILES string of the molecule is C1=C2CCC(=C1)[Si]2. The van der Waals surface area contributed by atoms with Gasteiger partial charge in [0.05, 0.1) is 0 Å². The average Bonchev–Trinajstić information content (AvgIpc) is 2.22. The van der Waals surface area contributed by atoms with Crippen LogP contribution in [0.2, 0.25) is 0 Å². The molecule has 1 saturated heterocycles. The monoisotopic (exact) mass is 106 g/mol. The molecule has 2 heterocycles. The van der Waals surface area contributed by atoms with Crippen molar-refractivity contribution in [1.29, 1.82) is 0 Å². The highest BCUT2D eigenvalue weighted by Gasteiger charge is 2.16. The molecule has 0 saturated carbocycles. The summed E-state index contributed by atoms with van der Waals surface area (Å²) in [5.74, 6) is 0.